The van der Waals surface area contributed by atoms with Gasteiger partial charge in [-0.15, -0.1) is 0 Å². The topological polar surface area (TPSA) is 3.24 Å². The highest BCUT2D eigenvalue weighted by Crippen LogP contribution is 2.03. The van der Waals surface area contributed by atoms with Crippen molar-refractivity contribution in [3.05, 3.63) is 24.4 Å². The van der Waals surface area contributed by atoms with Gasteiger partial charge >= 0.3 is 0 Å². The molecule has 0 aromatic carbocycles. The number of hydrogen-bond donors (Lipinski definition) is 0. The van der Waals surface area contributed by atoms with E-state index in [1.54, 1.807) is 0 Å². The minimum Gasteiger partial charge on any atom is -0.372 e. The number of nitrogens with zero attached hydrogens (tertiary/aromatic N) is 1. The summed E-state index contributed by atoms with van der Waals surface area (Å²) in [5.41, 5.74) is 1.23. The molecule has 0 saturated carbocycles. The van der Waals surface area contributed by atoms with Gasteiger partial charge in [-0.1, -0.05) is 12.7 Å². The van der Waals surface area contributed by atoms with Crippen LogP contribution in [0.15, 0.2) is 24.4 Å². The molecule has 0 radical (unpaired) electrons. The molecular formula is C9H17N. The largest absolute Gasteiger partial charge is 0.372 e. The lowest BCUT2D eigenvalue weighted by atomic mass is 10.3. The summed E-state index contributed by atoms with van der Waals surface area (Å²) in [4.78, 5) is 2.27. The molecule has 0 bridgehead atoms. The highest BCUT2D eigenvalue weighted by molar-refractivity contribution is 5.13. The molecule has 0 unspecified atom stereocenters. The zero-order chi connectivity index (χ0) is 7.98. The molecule has 1 nitrogen and oxygen atoms in total. The van der Waals surface area contributed by atoms with E-state index in [-0.39, 0.29) is 0 Å². The molecule has 0 aliphatic heterocycles. The van der Waals surface area contributed by atoms with Gasteiger partial charge in [0.2, 0.25) is 0 Å². The van der Waals surface area contributed by atoms with Crippen LogP contribution in [0.3, 0.4) is 0 Å². The molecular weight excluding hydrogens is 122 g/mol. The van der Waals surface area contributed by atoms with Crippen LogP contribution in [0.1, 0.15) is 20.8 Å². The predicted octanol–water partition coefficient (Wildman–Crippen LogP) is 2.42. The van der Waals surface area contributed by atoms with Crippen molar-refractivity contribution < 1.29 is 0 Å². The van der Waals surface area contributed by atoms with Gasteiger partial charge in [0.25, 0.3) is 0 Å². The van der Waals surface area contributed by atoms with Crippen molar-refractivity contribution in [1.29, 1.82) is 0 Å². The highest BCUT2D eigenvalue weighted by Gasteiger charge is 1.97. The van der Waals surface area contributed by atoms with E-state index in [4.69, 9.17) is 0 Å². The zero-order valence-electron chi connectivity index (χ0n) is 7.22. The Balaban J connectivity index is 4.10. The first-order chi connectivity index (χ1) is 4.79. The average Bonchev–Trinajstić information content (AvgIpc) is 2.00. The summed E-state index contributed by atoms with van der Waals surface area (Å²) in [7, 11) is 0. The summed E-state index contributed by atoms with van der Waals surface area (Å²) in [6.07, 6.45) is 3.98. The molecule has 0 N–H and O–H groups in total. The first kappa shape index (κ1) is 9.28. The van der Waals surface area contributed by atoms with Crippen LogP contribution in [0.2, 0.25) is 0 Å². The molecule has 0 amide bonds. The molecule has 0 rings (SSSR count). The third kappa shape index (κ3) is 2.26. The summed E-state index contributed by atoms with van der Waals surface area (Å²) in [6.45, 7) is 12.2. The number of likely N-dealkylation sites (N-methyl/N-ethyl adjacent to an activating group) is 1. The van der Waals surface area contributed by atoms with Crippen LogP contribution >= 0.6 is 0 Å². The Morgan fingerprint density at radius 2 is 1.90 bits per heavy atom. The number of allylic oxidation sites excluding steroid dienone is 2. The quantitative estimate of drug-likeness (QED) is 0.541. The fourth-order valence-corrected chi connectivity index (χ4v) is 1.02. The molecule has 0 saturated heterocycles. The van der Waals surface area contributed by atoms with Gasteiger partial charge < -0.3 is 4.90 Å². The molecule has 10 heavy (non-hydrogen) atoms. The maximum Gasteiger partial charge on any atom is 0.0316 e. The Labute approximate surface area is 64.0 Å². The van der Waals surface area contributed by atoms with E-state index in [1.165, 1.54) is 5.70 Å². The van der Waals surface area contributed by atoms with E-state index < -0.39 is 0 Å². The second kappa shape index (κ2) is 5.10. The lowest BCUT2D eigenvalue weighted by molar-refractivity contribution is 0.394. The Morgan fingerprint density at radius 1 is 1.40 bits per heavy atom. The van der Waals surface area contributed by atoms with Gasteiger partial charge in [-0.05, 0) is 26.8 Å². The summed E-state index contributed by atoms with van der Waals surface area (Å²) in [5.74, 6) is 0. The van der Waals surface area contributed by atoms with E-state index in [0.29, 0.717) is 0 Å². The van der Waals surface area contributed by atoms with E-state index >= 15 is 0 Å². The fourth-order valence-electron chi connectivity index (χ4n) is 1.02. The lowest BCUT2D eigenvalue weighted by Crippen LogP contribution is -2.20. The van der Waals surface area contributed by atoms with E-state index in [0.717, 1.165) is 13.1 Å². The standard InChI is InChI=1S/C9H17N/c1-5-9(6-2)10(7-3)8-4/h5-6H,1,7-8H2,2-4H3/b9-6+. The maximum atomic E-state index is 3.74. The van der Waals surface area contributed by atoms with Crippen molar-refractivity contribution in [3.8, 4) is 0 Å². The molecule has 0 heterocycles. The Kier molecular flexibility index (Phi) is 4.73. The van der Waals surface area contributed by atoms with E-state index in [9.17, 15) is 0 Å². The summed E-state index contributed by atoms with van der Waals surface area (Å²) in [6, 6.07) is 0. The normalized spacial score (nSPS) is 11.3. The van der Waals surface area contributed by atoms with Gasteiger partial charge in [0, 0.05) is 18.8 Å². The smallest absolute Gasteiger partial charge is 0.0316 e. The fraction of sp³-hybridized carbons (Fsp3) is 0.556. The second-order valence-corrected chi connectivity index (χ2v) is 2.09. The van der Waals surface area contributed by atoms with Crippen molar-refractivity contribution in [2.75, 3.05) is 13.1 Å². The van der Waals surface area contributed by atoms with Crippen LogP contribution in [0.5, 0.6) is 0 Å². The van der Waals surface area contributed by atoms with Crippen LogP contribution in [-0.2, 0) is 0 Å². The van der Waals surface area contributed by atoms with Gasteiger partial charge in [0.1, 0.15) is 0 Å². The highest BCUT2D eigenvalue weighted by atomic mass is 15.1. The minimum atomic E-state index is 1.06. The number of rotatable bonds is 4. The predicted molar refractivity (Wildman–Crippen MR) is 46.9 cm³/mol. The van der Waals surface area contributed by atoms with Crippen molar-refractivity contribution >= 4 is 0 Å². The van der Waals surface area contributed by atoms with Gasteiger partial charge in [0.15, 0.2) is 0 Å². The van der Waals surface area contributed by atoms with Gasteiger partial charge in [-0.2, -0.15) is 0 Å². The molecule has 1 heteroatoms. The minimum absolute atomic E-state index is 1.06. The third-order valence-electron chi connectivity index (χ3n) is 1.63. The van der Waals surface area contributed by atoms with Gasteiger partial charge in [-0.25, -0.2) is 0 Å². The molecule has 58 valence electrons. The molecule has 0 aromatic heterocycles. The summed E-state index contributed by atoms with van der Waals surface area (Å²) < 4.78 is 0. The van der Waals surface area contributed by atoms with Crippen LogP contribution < -0.4 is 0 Å². The second-order valence-electron chi connectivity index (χ2n) is 2.09. The zero-order valence-corrected chi connectivity index (χ0v) is 7.22. The van der Waals surface area contributed by atoms with Crippen molar-refractivity contribution in [2.24, 2.45) is 0 Å². The van der Waals surface area contributed by atoms with Crippen molar-refractivity contribution in [3.63, 3.8) is 0 Å². The molecule has 0 aromatic rings. The monoisotopic (exact) mass is 139 g/mol. The van der Waals surface area contributed by atoms with Crippen molar-refractivity contribution in [2.45, 2.75) is 20.8 Å². The Bertz CT molecular complexity index is 121. The SMILES string of the molecule is C=C/C(=C\C)N(CC)CC. The maximum absolute atomic E-state index is 3.74. The molecule has 0 aliphatic carbocycles. The van der Waals surface area contributed by atoms with Crippen molar-refractivity contribution in [1.82, 2.24) is 4.90 Å². The first-order valence-corrected chi connectivity index (χ1v) is 3.83. The molecule has 0 atom stereocenters. The first-order valence-electron chi connectivity index (χ1n) is 3.83. The van der Waals surface area contributed by atoms with Crippen LogP contribution in [-0.4, -0.2) is 18.0 Å². The van der Waals surface area contributed by atoms with Gasteiger partial charge in [0.05, 0.1) is 0 Å². The van der Waals surface area contributed by atoms with E-state index in [2.05, 4.69) is 31.4 Å². The molecule has 0 fully saturated rings. The number of hydrogen-bond acceptors (Lipinski definition) is 1. The third-order valence-corrected chi connectivity index (χ3v) is 1.63. The molecule has 0 spiro atoms. The average molecular weight is 139 g/mol. The van der Waals surface area contributed by atoms with E-state index in [1.807, 2.05) is 13.0 Å². The van der Waals surface area contributed by atoms with Crippen LogP contribution in [0.4, 0.5) is 0 Å². The Morgan fingerprint density at radius 3 is 2.00 bits per heavy atom. The Hall–Kier alpha value is -0.720. The van der Waals surface area contributed by atoms with Gasteiger partial charge in [-0.3, -0.25) is 0 Å². The molecule has 0 aliphatic rings. The lowest BCUT2D eigenvalue weighted by Gasteiger charge is -2.21. The summed E-state index contributed by atoms with van der Waals surface area (Å²) in [5, 5.41) is 0. The summed E-state index contributed by atoms with van der Waals surface area (Å²) >= 11 is 0. The van der Waals surface area contributed by atoms with Crippen LogP contribution in [0.25, 0.3) is 0 Å². The van der Waals surface area contributed by atoms with Crippen LogP contribution in [0, 0.1) is 0 Å².